The Hall–Kier alpha value is -2.51. The molecule has 0 spiro atoms. The average molecular weight is 354 g/mol. The van der Waals surface area contributed by atoms with Crippen LogP contribution in [0.15, 0.2) is 10.5 Å². The van der Waals surface area contributed by atoms with Crippen LogP contribution >= 0.6 is 0 Å². The summed E-state index contributed by atoms with van der Waals surface area (Å²) in [5, 5.41) is 2.49. The number of furan rings is 1. The first-order valence-electron chi connectivity index (χ1n) is 7.86. The van der Waals surface area contributed by atoms with E-state index in [-0.39, 0.29) is 12.5 Å². The van der Waals surface area contributed by atoms with Crippen molar-refractivity contribution in [1.82, 2.24) is 10.2 Å². The van der Waals surface area contributed by atoms with E-state index in [0.717, 1.165) is 0 Å². The van der Waals surface area contributed by atoms with E-state index in [9.17, 15) is 14.4 Å². The Morgan fingerprint density at radius 3 is 2.44 bits per heavy atom. The van der Waals surface area contributed by atoms with Gasteiger partial charge in [-0.3, -0.25) is 4.79 Å². The van der Waals surface area contributed by atoms with Crippen LogP contribution in [0.2, 0.25) is 0 Å². The van der Waals surface area contributed by atoms with Crippen molar-refractivity contribution in [1.29, 1.82) is 0 Å². The van der Waals surface area contributed by atoms with Gasteiger partial charge in [0.15, 0.2) is 0 Å². The minimum atomic E-state index is -0.768. The van der Waals surface area contributed by atoms with Crippen LogP contribution < -0.4 is 5.32 Å². The van der Waals surface area contributed by atoms with Gasteiger partial charge in [-0.1, -0.05) is 0 Å². The smallest absolute Gasteiger partial charge is 0.408 e. The Kier molecular flexibility index (Phi) is 6.61. The highest BCUT2D eigenvalue weighted by atomic mass is 16.6. The number of amides is 2. The van der Waals surface area contributed by atoms with Gasteiger partial charge in [0.2, 0.25) is 5.91 Å². The molecule has 0 fully saturated rings. The number of rotatable bonds is 5. The van der Waals surface area contributed by atoms with Crippen molar-refractivity contribution in [2.45, 2.75) is 52.8 Å². The highest BCUT2D eigenvalue weighted by molar-refractivity contribution is 5.90. The number of carbonyl (C=O) groups excluding carboxylic acids is 3. The number of carbonyl (C=O) groups is 3. The molecule has 1 rings (SSSR count). The summed E-state index contributed by atoms with van der Waals surface area (Å²) < 4.78 is 15.3. The van der Waals surface area contributed by atoms with Crippen LogP contribution in [0.25, 0.3) is 0 Å². The maximum Gasteiger partial charge on any atom is 0.408 e. The van der Waals surface area contributed by atoms with Gasteiger partial charge in [0.05, 0.1) is 13.7 Å². The van der Waals surface area contributed by atoms with Gasteiger partial charge in [-0.15, -0.1) is 0 Å². The van der Waals surface area contributed by atoms with E-state index in [1.807, 2.05) is 0 Å². The molecule has 1 aromatic rings. The number of likely N-dealkylation sites (N-methyl/N-ethyl adjacent to an activating group) is 1. The number of hydrogen-bond donors (Lipinski definition) is 1. The lowest BCUT2D eigenvalue weighted by molar-refractivity contribution is -0.132. The second kappa shape index (κ2) is 8.04. The Morgan fingerprint density at radius 1 is 1.32 bits per heavy atom. The molecule has 0 aromatic carbocycles. The van der Waals surface area contributed by atoms with Crippen LogP contribution in [0.4, 0.5) is 4.79 Å². The van der Waals surface area contributed by atoms with Crippen molar-refractivity contribution in [2.75, 3.05) is 14.2 Å². The first-order valence-corrected chi connectivity index (χ1v) is 7.86. The molecule has 1 N–H and O–H groups in total. The molecule has 0 radical (unpaired) electrons. The van der Waals surface area contributed by atoms with Crippen LogP contribution in [0.5, 0.6) is 0 Å². The third kappa shape index (κ3) is 6.13. The summed E-state index contributed by atoms with van der Waals surface area (Å²) in [7, 11) is 2.86. The lowest BCUT2D eigenvalue weighted by Crippen LogP contribution is -2.46. The summed E-state index contributed by atoms with van der Waals surface area (Å²) in [5.74, 6) is 0.0433. The summed E-state index contributed by atoms with van der Waals surface area (Å²) in [6.45, 7) is 8.58. The van der Waals surface area contributed by atoms with E-state index >= 15 is 0 Å². The molecular weight excluding hydrogens is 328 g/mol. The maximum atomic E-state index is 12.4. The Labute approximate surface area is 147 Å². The third-order valence-corrected chi connectivity index (χ3v) is 3.25. The van der Waals surface area contributed by atoms with Crippen LogP contribution in [0, 0.1) is 6.92 Å². The minimum Gasteiger partial charge on any atom is -0.465 e. The first kappa shape index (κ1) is 20.5. The van der Waals surface area contributed by atoms with Gasteiger partial charge in [0, 0.05) is 7.05 Å². The van der Waals surface area contributed by atoms with E-state index in [1.54, 1.807) is 41.7 Å². The highest BCUT2D eigenvalue weighted by Gasteiger charge is 2.24. The average Bonchev–Trinajstić information content (AvgIpc) is 2.83. The second-order valence-electron chi connectivity index (χ2n) is 6.74. The number of alkyl carbamates (subject to hydrolysis) is 1. The van der Waals surface area contributed by atoms with E-state index < -0.39 is 23.7 Å². The zero-order chi connectivity index (χ0) is 19.4. The first-order chi connectivity index (χ1) is 11.4. The van der Waals surface area contributed by atoms with Crippen molar-refractivity contribution in [2.24, 2.45) is 0 Å². The third-order valence-electron chi connectivity index (χ3n) is 3.25. The molecule has 0 saturated heterocycles. The Bertz CT molecular complexity index is 644. The molecule has 1 atom stereocenters. The summed E-state index contributed by atoms with van der Waals surface area (Å²) in [6, 6.07) is 0.771. The molecule has 0 saturated carbocycles. The fourth-order valence-corrected chi connectivity index (χ4v) is 2.12. The van der Waals surface area contributed by atoms with E-state index in [4.69, 9.17) is 9.15 Å². The molecule has 8 nitrogen and oxygen atoms in total. The van der Waals surface area contributed by atoms with Crippen LogP contribution in [0.3, 0.4) is 0 Å². The van der Waals surface area contributed by atoms with Gasteiger partial charge in [-0.05, 0) is 40.7 Å². The van der Waals surface area contributed by atoms with Crippen LogP contribution in [-0.2, 0) is 20.8 Å². The summed E-state index contributed by atoms with van der Waals surface area (Å²) in [6.07, 6.45) is -0.663. The summed E-state index contributed by atoms with van der Waals surface area (Å²) in [4.78, 5) is 37.1. The lowest BCUT2D eigenvalue weighted by atomic mass is 10.2. The molecular formula is C17H26N2O6. The summed E-state index contributed by atoms with van der Waals surface area (Å²) in [5.41, 5.74) is -0.326. The highest BCUT2D eigenvalue weighted by Crippen LogP contribution is 2.17. The zero-order valence-corrected chi connectivity index (χ0v) is 15.8. The normalized spacial score (nSPS) is 12.3. The van der Waals surface area contributed by atoms with Gasteiger partial charge < -0.3 is 24.1 Å². The second-order valence-corrected chi connectivity index (χ2v) is 6.74. The quantitative estimate of drug-likeness (QED) is 0.815. The number of aryl methyl sites for hydroxylation is 1. The number of methoxy groups -OCH3 is 1. The minimum absolute atomic E-state index is 0.150. The van der Waals surface area contributed by atoms with Crippen molar-refractivity contribution in [3.63, 3.8) is 0 Å². The fourth-order valence-electron chi connectivity index (χ4n) is 2.12. The van der Waals surface area contributed by atoms with E-state index in [1.165, 1.54) is 18.1 Å². The molecule has 0 bridgehead atoms. The zero-order valence-electron chi connectivity index (χ0n) is 15.8. The summed E-state index contributed by atoms with van der Waals surface area (Å²) >= 11 is 0. The molecule has 2 amide bonds. The van der Waals surface area contributed by atoms with Gasteiger partial charge in [0.1, 0.15) is 28.7 Å². The molecule has 0 aliphatic heterocycles. The predicted molar refractivity (Wildman–Crippen MR) is 90.1 cm³/mol. The van der Waals surface area contributed by atoms with Crippen molar-refractivity contribution in [3.05, 3.63) is 23.2 Å². The molecule has 1 heterocycles. The van der Waals surface area contributed by atoms with Gasteiger partial charge in [-0.2, -0.15) is 0 Å². The fraction of sp³-hybridized carbons (Fsp3) is 0.588. The van der Waals surface area contributed by atoms with Crippen molar-refractivity contribution in [3.8, 4) is 0 Å². The Morgan fingerprint density at radius 2 is 1.92 bits per heavy atom. The van der Waals surface area contributed by atoms with Gasteiger partial charge in [0.25, 0.3) is 0 Å². The molecule has 8 heteroatoms. The van der Waals surface area contributed by atoms with Crippen molar-refractivity contribution >= 4 is 18.0 Å². The Balaban J connectivity index is 2.67. The van der Waals surface area contributed by atoms with Crippen LogP contribution in [-0.4, -0.2) is 48.7 Å². The predicted octanol–water partition coefficient (Wildman–Crippen LogP) is 2.25. The number of esters is 1. The maximum absolute atomic E-state index is 12.4. The molecule has 1 unspecified atom stereocenters. The van der Waals surface area contributed by atoms with Crippen LogP contribution in [0.1, 0.15) is 49.6 Å². The van der Waals surface area contributed by atoms with E-state index in [0.29, 0.717) is 17.1 Å². The molecule has 0 aliphatic carbocycles. The topological polar surface area (TPSA) is 98.1 Å². The monoisotopic (exact) mass is 354 g/mol. The SMILES string of the molecule is COC(=O)c1cc(CN(C)C(=O)C(C)NC(=O)OC(C)(C)C)oc1C. The molecule has 140 valence electrons. The largest absolute Gasteiger partial charge is 0.465 e. The number of nitrogens with zero attached hydrogens (tertiary/aromatic N) is 1. The molecule has 25 heavy (non-hydrogen) atoms. The number of hydrogen-bond acceptors (Lipinski definition) is 6. The molecule has 1 aromatic heterocycles. The molecule has 0 aliphatic rings. The van der Waals surface area contributed by atoms with E-state index in [2.05, 4.69) is 10.1 Å². The van der Waals surface area contributed by atoms with Gasteiger partial charge >= 0.3 is 12.1 Å². The standard InChI is InChI=1S/C17H26N2O6/c1-10(18-16(22)25-17(3,4)5)14(20)19(6)9-12-8-13(11(2)24-12)15(21)23-7/h8,10H,9H2,1-7H3,(H,18,22). The van der Waals surface area contributed by atoms with Gasteiger partial charge in [-0.25, -0.2) is 9.59 Å². The lowest BCUT2D eigenvalue weighted by Gasteiger charge is -2.24. The number of ether oxygens (including phenoxy) is 2. The van der Waals surface area contributed by atoms with Crippen molar-refractivity contribution < 1.29 is 28.3 Å². The number of nitrogens with one attached hydrogen (secondary N) is 1.